The molecular weight excluding hydrogens is 206 g/mol. The van der Waals surface area contributed by atoms with Crippen LogP contribution in [-0.2, 0) is 0 Å². The van der Waals surface area contributed by atoms with Crippen LogP contribution in [0.3, 0.4) is 0 Å². The van der Waals surface area contributed by atoms with E-state index in [0.29, 0.717) is 5.95 Å². The van der Waals surface area contributed by atoms with Crippen molar-refractivity contribution < 1.29 is 9.90 Å². The summed E-state index contributed by atoms with van der Waals surface area (Å²) in [6.45, 7) is 6.26. The van der Waals surface area contributed by atoms with Crippen LogP contribution in [0.25, 0.3) is 0 Å². The largest absolute Gasteiger partial charge is 0.478 e. The highest BCUT2D eigenvalue weighted by molar-refractivity contribution is 5.86. The molecule has 0 fully saturated rings. The minimum absolute atomic E-state index is 0.0509. The average molecular weight is 223 g/mol. The normalized spacial score (nSPS) is 11.2. The lowest BCUT2D eigenvalue weighted by atomic mass is 10.0. The number of carbonyl (C=O) groups is 1. The van der Waals surface area contributed by atoms with Crippen LogP contribution < -0.4 is 4.90 Å². The number of hydrogen-bond donors (Lipinski definition) is 1. The van der Waals surface area contributed by atoms with Gasteiger partial charge >= 0.3 is 5.97 Å². The van der Waals surface area contributed by atoms with Crippen LogP contribution >= 0.6 is 0 Å². The van der Waals surface area contributed by atoms with Gasteiger partial charge in [-0.05, 0) is 20.3 Å². The van der Waals surface area contributed by atoms with Crippen molar-refractivity contribution in [2.75, 3.05) is 11.9 Å². The van der Waals surface area contributed by atoms with E-state index >= 15 is 0 Å². The molecule has 1 aromatic rings. The summed E-state index contributed by atoms with van der Waals surface area (Å²) in [7, 11) is 1.90. The van der Waals surface area contributed by atoms with E-state index in [1.54, 1.807) is 0 Å². The molecule has 1 aromatic heterocycles. The molecule has 0 saturated heterocycles. The number of aromatic carboxylic acids is 1. The molecule has 0 atom stereocenters. The van der Waals surface area contributed by atoms with Crippen LogP contribution in [0.15, 0.2) is 12.4 Å². The first kappa shape index (κ1) is 12.4. The molecule has 0 aliphatic heterocycles. The van der Waals surface area contributed by atoms with Gasteiger partial charge in [0.1, 0.15) is 0 Å². The zero-order chi connectivity index (χ0) is 12.3. The predicted molar refractivity (Wildman–Crippen MR) is 61.8 cm³/mol. The Labute approximate surface area is 95.1 Å². The number of anilines is 1. The molecule has 0 aromatic carbocycles. The molecule has 0 bridgehead atoms. The summed E-state index contributed by atoms with van der Waals surface area (Å²) in [5, 5.41) is 8.73. The van der Waals surface area contributed by atoms with Crippen LogP contribution in [0.2, 0.25) is 0 Å². The fourth-order valence-electron chi connectivity index (χ4n) is 1.11. The summed E-state index contributed by atoms with van der Waals surface area (Å²) in [5.74, 6) is -0.471. The van der Waals surface area contributed by atoms with Crippen molar-refractivity contribution in [2.24, 2.45) is 0 Å². The third kappa shape index (κ3) is 2.48. The number of hydrogen-bond acceptors (Lipinski definition) is 4. The lowest BCUT2D eigenvalue weighted by molar-refractivity contribution is 0.0696. The summed E-state index contributed by atoms with van der Waals surface area (Å²) in [5.41, 5.74) is 0.0523. The van der Waals surface area contributed by atoms with E-state index in [0.717, 1.165) is 6.42 Å². The van der Waals surface area contributed by atoms with Gasteiger partial charge in [0.15, 0.2) is 0 Å². The van der Waals surface area contributed by atoms with Gasteiger partial charge in [-0.1, -0.05) is 6.92 Å². The molecule has 88 valence electrons. The third-order valence-corrected chi connectivity index (χ3v) is 2.96. The van der Waals surface area contributed by atoms with Crippen molar-refractivity contribution in [3.8, 4) is 0 Å². The molecule has 16 heavy (non-hydrogen) atoms. The SMILES string of the molecule is CCC(C)(C)N(C)c1ncc(C(=O)O)cn1. The van der Waals surface area contributed by atoms with E-state index in [2.05, 4.69) is 30.7 Å². The molecule has 1 rings (SSSR count). The average Bonchev–Trinajstić information content (AvgIpc) is 2.28. The molecule has 1 N–H and O–H groups in total. The number of aromatic nitrogens is 2. The summed E-state index contributed by atoms with van der Waals surface area (Å²) in [6, 6.07) is 0. The highest BCUT2D eigenvalue weighted by Gasteiger charge is 2.23. The lowest BCUT2D eigenvalue weighted by Crippen LogP contribution is -2.41. The highest BCUT2D eigenvalue weighted by atomic mass is 16.4. The Kier molecular flexibility index (Phi) is 3.47. The maximum atomic E-state index is 10.6. The lowest BCUT2D eigenvalue weighted by Gasteiger charge is -2.34. The van der Waals surface area contributed by atoms with Crippen molar-refractivity contribution in [2.45, 2.75) is 32.7 Å². The number of carboxylic acid groups (broad SMARTS) is 1. The first-order valence-corrected chi connectivity index (χ1v) is 5.17. The van der Waals surface area contributed by atoms with Gasteiger partial charge in [0.2, 0.25) is 5.95 Å². The van der Waals surface area contributed by atoms with E-state index in [1.807, 2.05) is 11.9 Å². The molecule has 0 aliphatic carbocycles. The van der Waals surface area contributed by atoms with Crippen LogP contribution in [0.5, 0.6) is 0 Å². The number of nitrogens with zero attached hydrogens (tertiary/aromatic N) is 3. The molecule has 0 spiro atoms. The van der Waals surface area contributed by atoms with Crippen molar-refractivity contribution in [1.82, 2.24) is 9.97 Å². The molecular formula is C11H17N3O2. The van der Waals surface area contributed by atoms with Gasteiger partial charge in [-0.2, -0.15) is 0 Å². The van der Waals surface area contributed by atoms with Crippen molar-refractivity contribution in [3.63, 3.8) is 0 Å². The monoisotopic (exact) mass is 223 g/mol. The molecule has 0 amide bonds. The Balaban J connectivity index is 2.94. The second-order valence-corrected chi connectivity index (χ2v) is 4.30. The van der Waals surface area contributed by atoms with Gasteiger partial charge in [-0.15, -0.1) is 0 Å². The van der Waals surface area contributed by atoms with Crippen LogP contribution in [0.4, 0.5) is 5.95 Å². The zero-order valence-corrected chi connectivity index (χ0v) is 10.1. The smallest absolute Gasteiger partial charge is 0.338 e. The summed E-state index contributed by atoms with van der Waals surface area (Å²) >= 11 is 0. The van der Waals surface area contributed by atoms with Gasteiger partial charge in [0.05, 0.1) is 5.56 Å². The van der Waals surface area contributed by atoms with Gasteiger partial charge in [-0.3, -0.25) is 0 Å². The second kappa shape index (κ2) is 4.47. The molecule has 5 nitrogen and oxygen atoms in total. The van der Waals surface area contributed by atoms with Gasteiger partial charge in [0.25, 0.3) is 0 Å². The first-order valence-electron chi connectivity index (χ1n) is 5.17. The Hall–Kier alpha value is -1.65. The molecule has 1 heterocycles. The quantitative estimate of drug-likeness (QED) is 0.843. The maximum absolute atomic E-state index is 10.6. The fourth-order valence-corrected chi connectivity index (χ4v) is 1.11. The van der Waals surface area contributed by atoms with E-state index in [-0.39, 0.29) is 11.1 Å². The van der Waals surface area contributed by atoms with Crippen LogP contribution in [0, 0.1) is 0 Å². The van der Waals surface area contributed by atoms with Gasteiger partial charge in [0, 0.05) is 25.0 Å². The van der Waals surface area contributed by atoms with Crippen molar-refractivity contribution in [3.05, 3.63) is 18.0 Å². The molecule has 0 aliphatic rings. The van der Waals surface area contributed by atoms with E-state index < -0.39 is 5.97 Å². The van der Waals surface area contributed by atoms with Crippen LogP contribution in [-0.4, -0.2) is 33.6 Å². The van der Waals surface area contributed by atoms with Gasteiger partial charge < -0.3 is 10.0 Å². The molecule has 0 unspecified atom stereocenters. The van der Waals surface area contributed by atoms with Crippen molar-refractivity contribution >= 4 is 11.9 Å². The summed E-state index contributed by atoms with van der Waals surface area (Å²) < 4.78 is 0. The van der Waals surface area contributed by atoms with E-state index in [4.69, 9.17) is 5.11 Å². The Morgan fingerprint density at radius 2 is 1.94 bits per heavy atom. The van der Waals surface area contributed by atoms with E-state index in [1.165, 1.54) is 12.4 Å². The highest BCUT2D eigenvalue weighted by Crippen LogP contribution is 2.20. The maximum Gasteiger partial charge on any atom is 0.338 e. The van der Waals surface area contributed by atoms with E-state index in [9.17, 15) is 4.79 Å². The Morgan fingerprint density at radius 1 is 1.44 bits per heavy atom. The minimum Gasteiger partial charge on any atom is -0.478 e. The fraction of sp³-hybridized carbons (Fsp3) is 0.545. The number of rotatable bonds is 4. The zero-order valence-electron chi connectivity index (χ0n) is 10.1. The second-order valence-electron chi connectivity index (χ2n) is 4.30. The van der Waals surface area contributed by atoms with Crippen molar-refractivity contribution in [1.29, 1.82) is 0 Å². The Morgan fingerprint density at radius 3 is 2.31 bits per heavy atom. The molecule has 5 heteroatoms. The molecule has 0 saturated carbocycles. The third-order valence-electron chi connectivity index (χ3n) is 2.96. The first-order chi connectivity index (χ1) is 7.38. The standard InChI is InChI=1S/C11H17N3O2/c1-5-11(2,3)14(4)10-12-6-8(7-13-10)9(15)16/h6-7H,5H2,1-4H3,(H,15,16). The number of carboxylic acids is 1. The topological polar surface area (TPSA) is 66.3 Å². The molecule has 0 radical (unpaired) electrons. The van der Waals surface area contributed by atoms with Crippen LogP contribution in [0.1, 0.15) is 37.6 Å². The Bertz CT molecular complexity index is 373. The predicted octanol–water partition coefficient (Wildman–Crippen LogP) is 1.80. The van der Waals surface area contributed by atoms with Gasteiger partial charge in [-0.25, -0.2) is 14.8 Å². The minimum atomic E-state index is -1.01. The summed E-state index contributed by atoms with van der Waals surface area (Å²) in [4.78, 5) is 20.7. The summed E-state index contributed by atoms with van der Waals surface area (Å²) in [6.07, 6.45) is 3.60.